The highest BCUT2D eigenvalue weighted by molar-refractivity contribution is 7.80. The van der Waals surface area contributed by atoms with E-state index >= 15 is 0 Å². The molecule has 0 unspecified atom stereocenters. The van der Waals surface area contributed by atoms with Crippen LogP contribution in [0.4, 0.5) is 0 Å². The second kappa shape index (κ2) is 7.41. The summed E-state index contributed by atoms with van der Waals surface area (Å²) >= 11 is 4.45. The molecule has 0 heterocycles. The Morgan fingerprint density at radius 2 is 1.35 bits per heavy atom. The first-order valence-electron chi connectivity index (χ1n) is 8.47. The van der Waals surface area contributed by atoms with Gasteiger partial charge in [-0.25, -0.2) is 0 Å². The predicted octanol–water partition coefficient (Wildman–Crippen LogP) is 5.70. The molecule has 2 nitrogen and oxygen atoms in total. The Bertz CT molecular complexity index is 646. The molecule has 0 aliphatic heterocycles. The van der Waals surface area contributed by atoms with E-state index in [-0.39, 0.29) is 0 Å². The van der Waals surface area contributed by atoms with Crippen molar-refractivity contribution in [2.45, 2.75) is 55.4 Å². The van der Waals surface area contributed by atoms with E-state index in [9.17, 15) is 5.11 Å². The van der Waals surface area contributed by atoms with Crippen molar-refractivity contribution in [2.75, 3.05) is 0 Å². The summed E-state index contributed by atoms with van der Waals surface area (Å²) in [6.07, 6.45) is 7.41. The van der Waals surface area contributed by atoms with Crippen molar-refractivity contribution in [3.8, 4) is 11.5 Å². The number of ether oxygens (including phenoxy) is 1. The number of hydrogen-bond donors (Lipinski definition) is 2. The molecule has 0 bridgehead atoms. The third-order valence-electron chi connectivity index (χ3n) is 4.65. The van der Waals surface area contributed by atoms with Gasteiger partial charge in [-0.05, 0) is 31.0 Å². The van der Waals surface area contributed by atoms with Crippen LogP contribution < -0.4 is 4.74 Å². The Hall–Kier alpha value is -1.45. The number of aliphatic hydroxyl groups is 1. The summed E-state index contributed by atoms with van der Waals surface area (Å²) in [7, 11) is 0. The van der Waals surface area contributed by atoms with Crippen molar-refractivity contribution in [3.63, 3.8) is 0 Å². The lowest BCUT2D eigenvalue weighted by atomic mass is 9.81. The van der Waals surface area contributed by atoms with Gasteiger partial charge in [0.15, 0.2) is 0 Å². The van der Waals surface area contributed by atoms with Crippen molar-refractivity contribution < 1.29 is 9.84 Å². The highest BCUT2D eigenvalue weighted by Gasteiger charge is 2.32. The molecule has 2 aromatic carbocycles. The number of para-hydroxylation sites is 2. The van der Waals surface area contributed by atoms with Crippen LogP contribution in [0, 0.1) is 0 Å². The lowest BCUT2D eigenvalue weighted by molar-refractivity contribution is 0.00791. The summed E-state index contributed by atoms with van der Waals surface area (Å²) < 4.78 is 6.09. The highest BCUT2D eigenvalue weighted by atomic mass is 32.1. The van der Waals surface area contributed by atoms with Crippen molar-refractivity contribution in [1.29, 1.82) is 0 Å². The van der Waals surface area contributed by atoms with Crippen LogP contribution in [0.2, 0.25) is 0 Å². The minimum Gasteiger partial charge on any atom is -0.456 e. The standard InChI is InChI=1S/C20H24O2S/c21-20(14-8-2-1-3-9-15-20)16-10-4-5-11-17(16)22-18-12-6-7-13-19(18)23/h4-7,10-13,21,23H,1-3,8-9,14-15H2. The summed E-state index contributed by atoms with van der Waals surface area (Å²) in [5.41, 5.74) is 0.112. The van der Waals surface area contributed by atoms with Gasteiger partial charge < -0.3 is 9.84 Å². The maximum Gasteiger partial charge on any atom is 0.140 e. The third kappa shape index (κ3) is 3.91. The Labute approximate surface area is 143 Å². The number of rotatable bonds is 3. The minimum absolute atomic E-state index is 0.720. The molecule has 23 heavy (non-hydrogen) atoms. The zero-order valence-electron chi connectivity index (χ0n) is 13.4. The fourth-order valence-corrected chi connectivity index (χ4v) is 3.57. The zero-order chi connectivity index (χ0) is 16.1. The normalized spacial score (nSPS) is 18.0. The van der Waals surface area contributed by atoms with Gasteiger partial charge in [0, 0.05) is 10.5 Å². The fourth-order valence-electron chi connectivity index (χ4n) is 3.36. The molecule has 3 heteroatoms. The molecule has 0 atom stereocenters. The lowest BCUT2D eigenvalue weighted by Gasteiger charge is -2.32. The molecule has 1 fully saturated rings. The van der Waals surface area contributed by atoms with E-state index in [4.69, 9.17) is 4.74 Å². The smallest absolute Gasteiger partial charge is 0.140 e. The van der Waals surface area contributed by atoms with Gasteiger partial charge in [-0.3, -0.25) is 0 Å². The molecule has 1 aliphatic rings. The predicted molar refractivity (Wildman–Crippen MR) is 96.4 cm³/mol. The molecule has 1 saturated carbocycles. The van der Waals surface area contributed by atoms with E-state index in [1.807, 2.05) is 48.5 Å². The second-order valence-corrected chi connectivity index (χ2v) is 6.85. The first-order valence-corrected chi connectivity index (χ1v) is 8.91. The van der Waals surface area contributed by atoms with E-state index < -0.39 is 5.60 Å². The molecular weight excluding hydrogens is 304 g/mol. The average molecular weight is 328 g/mol. The van der Waals surface area contributed by atoms with Gasteiger partial charge in [0.1, 0.15) is 11.5 Å². The Morgan fingerprint density at radius 3 is 2.04 bits per heavy atom. The molecular formula is C20H24O2S. The SMILES string of the molecule is OC1(c2ccccc2Oc2ccccc2S)CCCCCCC1. The van der Waals surface area contributed by atoms with E-state index in [2.05, 4.69) is 12.6 Å². The van der Waals surface area contributed by atoms with Crippen molar-refractivity contribution in [1.82, 2.24) is 0 Å². The van der Waals surface area contributed by atoms with Gasteiger partial charge in [0.2, 0.25) is 0 Å². The van der Waals surface area contributed by atoms with Gasteiger partial charge in [0.05, 0.1) is 5.60 Å². The highest BCUT2D eigenvalue weighted by Crippen LogP contribution is 2.41. The molecule has 2 aromatic rings. The maximum atomic E-state index is 11.3. The molecule has 3 rings (SSSR count). The first-order chi connectivity index (χ1) is 11.2. The molecule has 0 spiro atoms. The third-order valence-corrected chi connectivity index (χ3v) is 5.02. The largest absolute Gasteiger partial charge is 0.456 e. The molecule has 0 radical (unpaired) electrons. The van der Waals surface area contributed by atoms with Gasteiger partial charge in [-0.1, -0.05) is 62.4 Å². The Kier molecular flexibility index (Phi) is 5.29. The lowest BCUT2D eigenvalue weighted by Crippen LogP contribution is -2.27. The van der Waals surface area contributed by atoms with Crippen LogP contribution in [0.15, 0.2) is 53.4 Å². The van der Waals surface area contributed by atoms with Crippen molar-refractivity contribution in [2.24, 2.45) is 0 Å². The quantitative estimate of drug-likeness (QED) is 0.708. The maximum absolute atomic E-state index is 11.3. The first kappa shape index (κ1) is 16.4. The van der Waals surface area contributed by atoms with Crippen LogP contribution in [0.5, 0.6) is 11.5 Å². The molecule has 0 saturated heterocycles. The summed E-state index contributed by atoms with van der Waals surface area (Å²) in [6.45, 7) is 0. The van der Waals surface area contributed by atoms with Crippen LogP contribution in [-0.4, -0.2) is 5.11 Å². The molecule has 0 amide bonds. The average Bonchev–Trinajstić information content (AvgIpc) is 2.54. The molecule has 0 aromatic heterocycles. The number of thiol groups is 1. The van der Waals surface area contributed by atoms with Crippen molar-refractivity contribution in [3.05, 3.63) is 54.1 Å². The molecule has 1 N–H and O–H groups in total. The van der Waals surface area contributed by atoms with Crippen LogP contribution in [0.1, 0.15) is 50.5 Å². The number of hydrogen-bond acceptors (Lipinski definition) is 3. The van der Waals surface area contributed by atoms with Gasteiger partial charge in [0.25, 0.3) is 0 Å². The number of benzene rings is 2. The van der Waals surface area contributed by atoms with E-state index in [1.54, 1.807) is 0 Å². The second-order valence-electron chi connectivity index (χ2n) is 6.37. The van der Waals surface area contributed by atoms with Crippen LogP contribution >= 0.6 is 12.6 Å². The van der Waals surface area contributed by atoms with E-state index in [0.29, 0.717) is 0 Å². The fraction of sp³-hybridized carbons (Fsp3) is 0.400. The van der Waals surface area contributed by atoms with Gasteiger partial charge >= 0.3 is 0 Å². The summed E-state index contributed by atoms with van der Waals surface area (Å²) in [5, 5.41) is 11.3. The molecule has 122 valence electrons. The van der Waals surface area contributed by atoms with E-state index in [1.165, 1.54) is 19.3 Å². The van der Waals surface area contributed by atoms with Crippen LogP contribution in [-0.2, 0) is 5.60 Å². The zero-order valence-corrected chi connectivity index (χ0v) is 14.3. The monoisotopic (exact) mass is 328 g/mol. The summed E-state index contributed by atoms with van der Waals surface area (Å²) in [6, 6.07) is 15.5. The van der Waals surface area contributed by atoms with E-state index in [0.717, 1.165) is 47.6 Å². The van der Waals surface area contributed by atoms with Crippen LogP contribution in [0.25, 0.3) is 0 Å². The topological polar surface area (TPSA) is 29.5 Å². The summed E-state index contributed by atoms with van der Waals surface area (Å²) in [5.74, 6) is 1.45. The Morgan fingerprint density at radius 1 is 0.783 bits per heavy atom. The van der Waals surface area contributed by atoms with Crippen LogP contribution in [0.3, 0.4) is 0 Å². The van der Waals surface area contributed by atoms with Gasteiger partial charge in [-0.2, -0.15) is 0 Å². The minimum atomic E-state index is -0.789. The van der Waals surface area contributed by atoms with Gasteiger partial charge in [-0.15, -0.1) is 12.6 Å². The summed E-state index contributed by atoms with van der Waals surface area (Å²) in [4.78, 5) is 0.798. The Balaban J connectivity index is 1.92. The molecule has 1 aliphatic carbocycles. The van der Waals surface area contributed by atoms with Crippen molar-refractivity contribution >= 4 is 12.6 Å².